The van der Waals surface area contributed by atoms with Gasteiger partial charge in [0.1, 0.15) is 0 Å². The molecule has 0 aromatic carbocycles. The third-order valence-corrected chi connectivity index (χ3v) is 4.50. The Morgan fingerprint density at radius 3 is 3.05 bits per heavy atom. The predicted molar refractivity (Wildman–Crippen MR) is 80.2 cm³/mol. The summed E-state index contributed by atoms with van der Waals surface area (Å²) in [5.41, 5.74) is 2.50. The lowest BCUT2D eigenvalue weighted by Crippen LogP contribution is -2.29. The summed E-state index contributed by atoms with van der Waals surface area (Å²) in [6.07, 6.45) is 6.01. The van der Waals surface area contributed by atoms with E-state index in [-0.39, 0.29) is 0 Å². The summed E-state index contributed by atoms with van der Waals surface area (Å²) < 4.78 is 2.06. The topological polar surface area (TPSA) is 50.1 Å². The number of rotatable bonds is 2. The van der Waals surface area contributed by atoms with Gasteiger partial charge in [0.25, 0.3) is 0 Å². The summed E-state index contributed by atoms with van der Waals surface area (Å²) in [5.74, 6) is 1.01. The minimum absolute atomic E-state index is 0.445. The van der Waals surface area contributed by atoms with Gasteiger partial charge in [-0.1, -0.05) is 0 Å². The minimum Gasteiger partial charge on any atom is -0.353 e. The molecule has 2 aliphatic rings. The molecule has 2 aromatic rings. The van der Waals surface area contributed by atoms with Crippen LogP contribution in [-0.4, -0.2) is 51.6 Å². The molecule has 110 valence electrons. The van der Waals surface area contributed by atoms with E-state index in [1.165, 1.54) is 11.3 Å². The molecule has 0 spiro atoms. The monoisotopic (exact) mass is 284 g/mol. The van der Waals surface area contributed by atoms with E-state index >= 15 is 0 Å². The molecule has 0 N–H and O–H groups in total. The predicted octanol–water partition coefficient (Wildman–Crippen LogP) is 1.11. The highest BCUT2D eigenvalue weighted by Crippen LogP contribution is 2.27. The zero-order valence-corrected chi connectivity index (χ0v) is 12.3. The Hall–Kier alpha value is -1.95. The summed E-state index contributed by atoms with van der Waals surface area (Å²) in [4.78, 5) is 4.67. The Labute approximate surface area is 124 Å². The number of hydrogen-bond donors (Lipinski definition) is 0. The summed E-state index contributed by atoms with van der Waals surface area (Å²) in [6, 6.07) is 4.65. The quantitative estimate of drug-likeness (QED) is 0.827. The molecule has 4 rings (SSSR count). The van der Waals surface area contributed by atoms with Crippen LogP contribution in [0.2, 0.25) is 0 Å². The molecule has 0 bridgehead atoms. The van der Waals surface area contributed by atoms with Crippen molar-refractivity contribution in [2.75, 3.05) is 31.6 Å². The van der Waals surface area contributed by atoms with Gasteiger partial charge in [0.15, 0.2) is 5.82 Å². The largest absolute Gasteiger partial charge is 0.353 e. The molecule has 0 amide bonds. The number of anilines is 1. The number of hydrogen-bond acceptors (Lipinski definition) is 5. The van der Waals surface area contributed by atoms with Crippen molar-refractivity contribution >= 4 is 5.82 Å². The molecular weight excluding hydrogens is 264 g/mol. The number of likely N-dealkylation sites (N-methyl/N-ethyl adjacent to an activating group) is 1. The highest BCUT2D eigenvalue weighted by Gasteiger charge is 2.26. The van der Waals surface area contributed by atoms with E-state index in [0.717, 1.165) is 44.8 Å². The van der Waals surface area contributed by atoms with Gasteiger partial charge in [-0.15, -0.1) is 5.10 Å². The number of fused-ring (bicyclic) bond motifs is 1. The molecule has 2 aliphatic heterocycles. The normalized spacial score (nSPS) is 22.5. The first-order valence-corrected chi connectivity index (χ1v) is 7.58. The van der Waals surface area contributed by atoms with Crippen molar-refractivity contribution in [1.29, 1.82) is 0 Å². The van der Waals surface area contributed by atoms with Gasteiger partial charge in [-0.2, -0.15) is 10.2 Å². The fourth-order valence-corrected chi connectivity index (χ4v) is 3.27. The van der Waals surface area contributed by atoms with Crippen LogP contribution in [0.4, 0.5) is 5.82 Å². The van der Waals surface area contributed by atoms with Crippen molar-refractivity contribution in [2.45, 2.75) is 25.4 Å². The second-order valence-electron chi connectivity index (χ2n) is 6.04. The van der Waals surface area contributed by atoms with Gasteiger partial charge in [0, 0.05) is 45.0 Å². The van der Waals surface area contributed by atoms with Gasteiger partial charge < -0.3 is 9.80 Å². The summed E-state index contributed by atoms with van der Waals surface area (Å²) in [5, 5.41) is 13.2. The molecule has 6 nitrogen and oxygen atoms in total. The van der Waals surface area contributed by atoms with Crippen LogP contribution in [-0.2, 0) is 13.0 Å². The van der Waals surface area contributed by atoms with E-state index in [1.54, 1.807) is 0 Å². The smallest absolute Gasteiger partial charge is 0.151 e. The van der Waals surface area contributed by atoms with E-state index in [2.05, 4.69) is 42.9 Å². The van der Waals surface area contributed by atoms with Gasteiger partial charge in [-0.05, 0) is 31.2 Å². The third kappa shape index (κ3) is 2.40. The SMILES string of the molecule is CN1CCc2nnc(N3CCC(n4cccn4)C3)cc2C1. The Morgan fingerprint density at radius 2 is 2.19 bits per heavy atom. The highest BCUT2D eigenvalue weighted by molar-refractivity contribution is 5.43. The van der Waals surface area contributed by atoms with E-state index in [0.29, 0.717) is 6.04 Å². The van der Waals surface area contributed by atoms with E-state index in [1.807, 2.05) is 18.5 Å². The van der Waals surface area contributed by atoms with E-state index in [4.69, 9.17) is 0 Å². The molecule has 21 heavy (non-hydrogen) atoms. The molecular formula is C15H20N6. The van der Waals surface area contributed by atoms with Crippen molar-refractivity contribution < 1.29 is 0 Å². The van der Waals surface area contributed by atoms with Crippen LogP contribution in [0, 0.1) is 0 Å². The Bertz CT molecular complexity index is 623. The van der Waals surface area contributed by atoms with Crippen LogP contribution < -0.4 is 4.90 Å². The lowest BCUT2D eigenvalue weighted by Gasteiger charge is -2.25. The second-order valence-corrected chi connectivity index (χ2v) is 6.04. The average molecular weight is 284 g/mol. The molecule has 0 aliphatic carbocycles. The lowest BCUT2D eigenvalue weighted by molar-refractivity contribution is 0.308. The minimum atomic E-state index is 0.445. The molecule has 0 radical (unpaired) electrons. The fourth-order valence-electron chi connectivity index (χ4n) is 3.27. The number of aromatic nitrogens is 4. The van der Waals surface area contributed by atoms with Gasteiger partial charge >= 0.3 is 0 Å². The van der Waals surface area contributed by atoms with Crippen molar-refractivity contribution in [1.82, 2.24) is 24.9 Å². The van der Waals surface area contributed by atoms with Gasteiger partial charge in [-0.3, -0.25) is 4.68 Å². The van der Waals surface area contributed by atoms with Crippen molar-refractivity contribution in [3.8, 4) is 0 Å². The van der Waals surface area contributed by atoms with Crippen LogP contribution in [0.15, 0.2) is 24.5 Å². The van der Waals surface area contributed by atoms with Crippen molar-refractivity contribution in [2.24, 2.45) is 0 Å². The van der Waals surface area contributed by atoms with Crippen LogP contribution >= 0.6 is 0 Å². The molecule has 1 atom stereocenters. The third-order valence-electron chi connectivity index (χ3n) is 4.50. The fraction of sp³-hybridized carbons (Fsp3) is 0.533. The maximum atomic E-state index is 4.45. The maximum Gasteiger partial charge on any atom is 0.151 e. The first-order valence-electron chi connectivity index (χ1n) is 7.58. The van der Waals surface area contributed by atoms with Gasteiger partial charge in [0.2, 0.25) is 0 Å². The zero-order chi connectivity index (χ0) is 14.2. The summed E-state index contributed by atoms with van der Waals surface area (Å²) >= 11 is 0. The Kier molecular flexibility index (Phi) is 3.11. The highest BCUT2D eigenvalue weighted by atomic mass is 15.3. The van der Waals surface area contributed by atoms with E-state index < -0.39 is 0 Å². The molecule has 4 heterocycles. The van der Waals surface area contributed by atoms with Gasteiger partial charge in [-0.25, -0.2) is 0 Å². The van der Waals surface area contributed by atoms with Crippen molar-refractivity contribution in [3.63, 3.8) is 0 Å². The standard InChI is InChI=1S/C15H20N6/c1-19-7-4-14-12(10-19)9-15(18-17-14)20-8-3-13(11-20)21-6-2-5-16-21/h2,5-6,9,13H,3-4,7-8,10-11H2,1H3. The van der Waals surface area contributed by atoms with Crippen molar-refractivity contribution in [3.05, 3.63) is 35.8 Å². The van der Waals surface area contributed by atoms with Gasteiger partial charge in [0.05, 0.1) is 11.7 Å². The average Bonchev–Trinajstić information content (AvgIpc) is 3.17. The first-order chi connectivity index (χ1) is 10.3. The Balaban J connectivity index is 1.53. The zero-order valence-electron chi connectivity index (χ0n) is 12.3. The molecule has 0 saturated carbocycles. The molecule has 1 fully saturated rings. The molecule has 1 unspecified atom stereocenters. The van der Waals surface area contributed by atoms with Crippen LogP contribution in [0.25, 0.3) is 0 Å². The number of nitrogens with zero attached hydrogens (tertiary/aromatic N) is 6. The van der Waals surface area contributed by atoms with Crippen LogP contribution in [0.1, 0.15) is 23.7 Å². The molecule has 1 saturated heterocycles. The first kappa shape index (κ1) is 12.8. The lowest BCUT2D eigenvalue weighted by atomic mass is 10.1. The summed E-state index contributed by atoms with van der Waals surface area (Å²) in [7, 11) is 2.16. The summed E-state index contributed by atoms with van der Waals surface area (Å²) in [6.45, 7) is 4.04. The van der Waals surface area contributed by atoms with Crippen LogP contribution in [0.5, 0.6) is 0 Å². The molecule has 2 aromatic heterocycles. The Morgan fingerprint density at radius 1 is 1.24 bits per heavy atom. The van der Waals surface area contributed by atoms with Crippen LogP contribution in [0.3, 0.4) is 0 Å². The molecule has 6 heteroatoms. The van der Waals surface area contributed by atoms with E-state index in [9.17, 15) is 0 Å². The maximum absolute atomic E-state index is 4.45. The second kappa shape index (κ2) is 5.11.